The molecule has 1 N–H and O–H groups in total. The molecule has 1 atom stereocenters. The van der Waals surface area contributed by atoms with E-state index in [1.165, 1.54) is 11.1 Å². The molecule has 0 saturated heterocycles. The zero-order valence-corrected chi connectivity index (χ0v) is 13.4. The predicted molar refractivity (Wildman–Crippen MR) is 85.3 cm³/mol. The van der Waals surface area contributed by atoms with Crippen molar-refractivity contribution in [3.63, 3.8) is 0 Å². The molecule has 1 heterocycles. The molecule has 1 aromatic heterocycles. The van der Waals surface area contributed by atoms with E-state index >= 15 is 0 Å². The van der Waals surface area contributed by atoms with Crippen LogP contribution >= 0.6 is 15.9 Å². The second kappa shape index (κ2) is 5.52. The molecule has 1 aromatic carbocycles. The molecule has 1 aliphatic rings. The Morgan fingerprint density at radius 1 is 1.30 bits per heavy atom. The van der Waals surface area contributed by atoms with E-state index in [1.807, 2.05) is 7.05 Å². The highest BCUT2D eigenvalue weighted by atomic mass is 79.9. The molecule has 0 amide bonds. The second-order valence-corrected chi connectivity index (χ2v) is 5.94. The van der Waals surface area contributed by atoms with Gasteiger partial charge in [-0.15, -0.1) is 0 Å². The van der Waals surface area contributed by atoms with Crippen LogP contribution in [0.15, 0.2) is 28.7 Å². The molecule has 0 spiro atoms. The van der Waals surface area contributed by atoms with Crippen LogP contribution in [0.5, 0.6) is 0 Å². The lowest BCUT2D eigenvalue weighted by molar-refractivity contribution is 0.651. The van der Waals surface area contributed by atoms with Crippen molar-refractivity contribution in [2.45, 2.75) is 32.1 Å². The lowest BCUT2D eigenvalue weighted by Gasteiger charge is -2.29. The minimum Gasteiger partial charge on any atom is -0.372 e. The highest BCUT2D eigenvalue weighted by Gasteiger charge is 2.30. The van der Waals surface area contributed by atoms with E-state index in [4.69, 9.17) is 4.98 Å². The maximum Gasteiger partial charge on any atom is 0.144 e. The van der Waals surface area contributed by atoms with Crippen molar-refractivity contribution in [1.82, 2.24) is 9.97 Å². The Kier molecular flexibility index (Phi) is 3.74. The summed E-state index contributed by atoms with van der Waals surface area (Å²) in [7, 11) is 1.90. The molecule has 1 aliphatic carbocycles. The van der Waals surface area contributed by atoms with Crippen molar-refractivity contribution in [2.24, 2.45) is 0 Å². The van der Waals surface area contributed by atoms with Crippen LogP contribution in [0.25, 0.3) is 0 Å². The first-order chi connectivity index (χ1) is 9.74. The minimum atomic E-state index is 0.349. The predicted octanol–water partition coefficient (Wildman–Crippen LogP) is 3.92. The number of aromatic nitrogens is 2. The molecule has 0 bridgehead atoms. The smallest absolute Gasteiger partial charge is 0.144 e. The van der Waals surface area contributed by atoms with Crippen LogP contribution in [0.4, 0.5) is 5.82 Å². The molecule has 3 nitrogen and oxygen atoms in total. The Labute approximate surface area is 128 Å². The summed E-state index contributed by atoms with van der Waals surface area (Å²) in [5.74, 6) is 2.18. The molecule has 104 valence electrons. The molecule has 1 unspecified atom stereocenters. The standard InChI is InChI=1S/C16H18BrN3/c1-3-6-13-14(17)16(18-2)20-15(19-13)12-9-10-7-4-5-8-11(10)12/h4-5,7-8,12H,3,6,9H2,1-2H3,(H,18,19,20). The van der Waals surface area contributed by atoms with Gasteiger partial charge in [-0.2, -0.15) is 0 Å². The Balaban J connectivity index is 2.01. The van der Waals surface area contributed by atoms with Crippen molar-refractivity contribution < 1.29 is 0 Å². The molecule has 0 fully saturated rings. The summed E-state index contributed by atoms with van der Waals surface area (Å²) in [6, 6.07) is 8.57. The number of nitrogens with one attached hydrogen (secondary N) is 1. The molecular formula is C16H18BrN3. The lowest BCUT2D eigenvalue weighted by atomic mass is 9.77. The van der Waals surface area contributed by atoms with Gasteiger partial charge >= 0.3 is 0 Å². The fourth-order valence-corrected chi connectivity index (χ4v) is 3.30. The van der Waals surface area contributed by atoms with E-state index in [0.29, 0.717) is 5.92 Å². The average molecular weight is 332 g/mol. The van der Waals surface area contributed by atoms with Gasteiger partial charge in [0.25, 0.3) is 0 Å². The fraction of sp³-hybridized carbons (Fsp3) is 0.375. The van der Waals surface area contributed by atoms with E-state index in [0.717, 1.165) is 41.1 Å². The molecule has 4 heteroatoms. The highest BCUT2D eigenvalue weighted by molar-refractivity contribution is 9.10. The van der Waals surface area contributed by atoms with Gasteiger partial charge in [-0.3, -0.25) is 0 Å². The second-order valence-electron chi connectivity index (χ2n) is 5.15. The normalized spacial score (nSPS) is 16.4. The Bertz CT molecular complexity index is 640. The van der Waals surface area contributed by atoms with Gasteiger partial charge in [-0.1, -0.05) is 37.6 Å². The number of nitrogens with zero attached hydrogens (tertiary/aromatic N) is 2. The van der Waals surface area contributed by atoms with Crippen molar-refractivity contribution in [2.75, 3.05) is 12.4 Å². The molecule has 2 aromatic rings. The van der Waals surface area contributed by atoms with Crippen LogP contribution in [0.2, 0.25) is 0 Å². The van der Waals surface area contributed by atoms with Crippen molar-refractivity contribution in [3.05, 3.63) is 51.4 Å². The van der Waals surface area contributed by atoms with E-state index in [-0.39, 0.29) is 0 Å². The minimum absolute atomic E-state index is 0.349. The number of rotatable bonds is 4. The Morgan fingerprint density at radius 2 is 2.10 bits per heavy atom. The van der Waals surface area contributed by atoms with Crippen molar-refractivity contribution in [3.8, 4) is 0 Å². The van der Waals surface area contributed by atoms with Crippen molar-refractivity contribution in [1.29, 1.82) is 0 Å². The monoisotopic (exact) mass is 331 g/mol. The zero-order valence-electron chi connectivity index (χ0n) is 11.8. The Morgan fingerprint density at radius 3 is 2.80 bits per heavy atom. The molecule has 0 aliphatic heterocycles. The van der Waals surface area contributed by atoms with Gasteiger partial charge in [-0.25, -0.2) is 9.97 Å². The maximum absolute atomic E-state index is 4.79. The first kappa shape index (κ1) is 13.6. The van der Waals surface area contributed by atoms with Gasteiger partial charge in [0.15, 0.2) is 0 Å². The van der Waals surface area contributed by atoms with Crippen LogP contribution in [-0.4, -0.2) is 17.0 Å². The van der Waals surface area contributed by atoms with E-state index in [2.05, 4.69) is 57.4 Å². The highest BCUT2D eigenvalue weighted by Crippen LogP contribution is 2.39. The van der Waals surface area contributed by atoms with E-state index in [1.54, 1.807) is 0 Å². The third-order valence-electron chi connectivity index (χ3n) is 3.83. The van der Waals surface area contributed by atoms with Crippen LogP contribution in [-0.2, 0) is 12.8 Å². The zero-order chi connectivity index (χ0) is 14.1. The van der Waals surface area contributed by atoms with Gasteiger partial charge in [0.05, 0.1) is 10.2 Å². The van der Waals surface area contributed by atoms with Gasteiger partial charge in [-0.05, 0) is 39.9 Å². The SMILES string of the molecule is CCCc1nc(C2Cc3ccccc32)nc(NC)c1Br. The summed E-state index contributed by atoms with van der Waals surface area (Å²) in [6.45, 7) is 2.17. The van der Waals surface area contributed by atoms with Crippen LogP contribution in [0.1, 0.15) is 41.9 Å². The topological polar surface area (TPSA) is 37.8 Å². The van der Waals surface area contributed by atoms with Crippen LogP contribution in [0.3, 0.4) is 0 Å². The number of hydrogen-bond donors (Lipinski definition) is 1. The summed E-state index contributed by atoms with van der Waals surface area (Å²) < 4.78 is 0.998. The van der Waals surface area contributed by atoms with Gasteiger partial charge in [0.2, 0.25) is 0 Å². The lowest BCUT2D eigenvalue weighted by Crippen LogP contribution is -2.21. The first-order valence-electron chi connectivity index (χ1n) is 7.06. The van der Waals surface area contributed by atoms with Gasteiger partial charge < -0.3 is 5.32 Å². The summed E-state index contributed by atoms with van der Waals surface area (Å²) in [6.07, 6.45) is 3.10. The molecule has 0 radical (unpaired) electrons. The van der Waals surface area contributed by atoms with E-state index in [9.17, 15) is 0 Å². The third-order valence-corrected chi connectivity index (χ3v) is 4.66. The van der Waals surface area contributed by atoms with E-state index < -0.39 is 0 Å². The number of hydrogen-bond acceptors (Lipinski definition) is 3. The van der Waals surface area contributed by atoms with Gasteiger partial charge in [0.1, 0.15) is 11.6 Å². The number of aryl methyl sites for hydroxylation is 1. The first-order valence-corrected chi connectivity index (χ1v) is 7.85. The molecule has 0 saturated carbocycles. The maximum atomic E-state index is 4.79. The number of halogens is 1. The Hall–Kier alpha value is -1.42. The number of fused-ring (bicyclic) bond motifs is 1. The molecule has 20 heavy (non-hydrogen) atoms. The summed E-state index contributed by atoms with van der Waals surface area (Å²) in [4.78, 5) is 9.48. The number of benzene rings is 1. The molecule has 3 rings (SSSR count). The summed E-state index contributed by atoms with van der Waals surface area (Å²) in [5, 5.41) is 3.16. The molecular weight excluding hydrogens is 314 g/mol. The fourth-order valence-electron chi connectivity index (χ4n) is 2.73. The van der Waals surface area contributed by atoms with Crippen LogP contribution < -0.4 is 5.32 Å². The van der Waals surface area contributed by atoms with Crippen molar-refractivity contribution >= 4 is 21.7 Å². The van der Waals surface area contributed by atoms with Gasteiger partial charge in [0, 0.05) is 13.0 Å². The van der Waals surface area contributed by atoms with Crippen LogP contribution in [0, 0.1) is 0 Å². The average Bonchev–Trinajstić information content (AvgIpc) is 2.43. The largest absolute Gasteiger partial charge is 0.372 e. The summed E-state index contributed by atoms with van der Waals surface area (Å²) >= 11 is 3.61. The summed E-state index contributed by atoms with van der Waals surface area (Å²) in [5.41, 5.74) is 3.90. The quantitative estimate of drug-likeness (QED) is 0.922. The number of anilines is 1. The third kappa shape index (κ3) is 2.22.